The fourth-order valence-electron chi connectivity index (χ4n) is 1.72. The third kappa shape index (κ3) is 3.43. The van der Waals surface area contributed by atoms with Crippen LogP contribution in [0.4, 0.5) is 0 Å². The van der Waals surface area contributed by atoms with E-state index in [0.29, 0.717) is 12.1 Å². The minimum absolute atomic E-state index is 0.0950. The standard InChI is InChI=1S/C12H15ClN2O3/c1-3-15(8(2)6-11(16)17)12(18)9-4-5-14-7-10(9)13/h4-5,7-8H,3,6H2,1-2H3,(H,16,17). The van der Waals surface area contributed by atoms with E-state index in [0.717, 1.165) is 0 Å². The first kappa shape index (κ1) is 14.4. The molecule has 0 fully saturated rings. The van der Waals surface area contributed by atoms with Gasteiger partial charge >= 0.3 is 5.97 Å². The molecule has 1 unspecified atom stereocenters. The fraction of sp³-hybridized carbons (Fsp3) is 0.417. The molecule has 1 amide bonds. The summed E-state index contributed by atoms with van der Waals surface area (Å²) >= 11 is 5.90. The molecule has 0 aliphatic carbocycles. The van der Waals surface area contributed by atoms with Gasteiger partial charge in [0.05, 0.1) is 17.0 Å². The summed E-state index contributed by atoms with van der Waals surface area (Å²) < 4.78 is 0. The van der Waals surface area contributed by atoms with Crippen molar-refractivity contribution < 1.29 is 14.7 Å². The fourth-order valence-corrected chi connectivity index (χ4v) is 1.92. The Bertz CT molecular complexity index is 451. The second-order valence-corrected chi connectivity index (χ2v) is 4.30. The quantitative estimate of drug-likeness (QED) is 0.889. The Kier molecular flexibility index (Phi) is 5.09. The molecule has 1 aromatic rings. The molecule has 1 rings (SSSR count). The summed E-state index contributed by atoms with van der Waals surface area (Å²) in [6.45, 7) is 3.92. The molecule has 18 heavy (non-hydrogen) atoms. The average molecular weight is 271 g/mol. The molecular weight excluding hydrogens is 256 g/mol. The number of halogens is 1. The van der Waals surface area contributed by atoms with Gasteiger partial charge in [0.2, 0.25) is 0 Å². The van der Waals surface area contributed by atoms with Crippen LogP contribution in [-0.4, -0.2) is 39.5 Å². The Labute approximate surface area is 110 Å². The maximum atomic E-state index is 12.2. The first-order chi connectivity index (χ1) is 8.47. The number of hydrogen-bond acceptors (Lipinski definition) is 3. The number of carbonyl (C=O) groups excluding carboxylic acids is 1. The van der Waals surface area contributed by atoms with Crippen molar-refractivity contribution in [3.8, 4) is 0 Å². The molecule has 5 nitrogen and oxygen atoms in total. The molecule has 1 N–H and O–H groups in total. The first-order valence-corrected chi connectivity index (χ1v) is 5.97. The molecule has 1 heterocycles. The Morgan fingerprint density at radius 3 is 2.72 bits per heavy atom. The number of carbonyl (C=O) groups is 2. The molecule has 1 aromatic heterocycles. The van der Waals surface area contributed by atoms with Gasteiger partial charge < -0.3 is 10.0 Å². The number of aromatic nitrogens is 1. The number of aliphatic carboxylic acids is 1. The van der Waals surface area contributed by atoms with E-state index in [9.17, 15) is 9.59 Å². The van der Waals surface area contributed by atoms with E-state index in [1.54, 1.807) is 13.8 Å². The van der Waals surface area contributed by atoms with Gasteiger partial charge in [-0.2, -0.15) is 0 Å². The molecule has 0 saturated carbocycles. The van der Waals surface area contributed by atoms with Crippen molar-refractivity contribution in [2.24, 2.45) is 0 Å². The summed E-state index contributed by atoms with van der Waals surface area (Å²) in [5.74, 6) is -1.21. The number of amides is 1. The van der Waals surface area contributed by atoms with E-state index in [4.69, 9.17) is 16.7 Å². The van der Waals surface area contributed by atoms with E-state index in [1.807, 2.05) is 0 Å². The van der Waals surface area contributed by atoms with Crippen LogP contribution in [0, 0.1) is 0 Å². The summed E-state index contributed by atoms with van der Waals surface area (Å²) in [5, 5.41) is 9.03. The van der Waals surface area contributed by atoms with Crippen molar-refractivity contribution in [1.82, 2.24) is 9.88 Å². The van der Waals surface area contributed by atoms with Crippen molar-refractivity contribution in [3.63, 3.8) is 0 Å². The molecule has 98 valence electrons. The maximum absolute atomic E-state index is 12.2. The molecule has 6 heteroatoms. The lowest BCUT2D eigenvalue weighted by Crippen LogP contribution is -2.39. The summed E-state index contributed by atoms with van der Waals surface area (Å²) in [4.78, 5) is 28.2. The minimum Gasteiger partial charge on any atom is -0.481 e. The first-order valence-electron chi connectivity index (χ1n) is 5.59. The topological polar surface area (TPSA) is 70.5 Å². The number of rotatable bonds is 5. The van der Waals surface area contributed by atoms with Gasteiger partial charge in [-0.15, -0.1) is 0 Å². The minimum atomic E-state index is -0.936. The third-order valence-corrected chi connectivity index (χ3v) is 2.91. The van der Waals surface area contributed by atoms with Crippen LogP contribution in [0.3, 0.4) is 0 Å². The second kappa shape index (κ2) is 6.35. The number of carboxylic acid groups (broad SMARTS) is 1. The summed E-state index contributed by atoms with van der Waals surface area (Å²) in [5.41, 5.74) is 0.339. The van der Waals surface area contributed by atoms with Gasteiger partial charge in [0.15, 0.2) is 0 Å². The van der Waals surface area contributed by atoms with Crippen LogP contribution in [0.2, 0.25) is 5.02 Å². The number of pyridine rings is 1. The zero-order valence-corrected chi connectivity index (χ0v) is 11.0. The molecule has 0 radical (unpaired) electrons. The van der Waals surface area contributed by atoms with Gasteiger partial charge in [-0.3, -0.25) is 14.6 Å². The van der Waals surface area contributed by atoms with Crippen LogP contribution in [-0.2, 0) is 4.79 Å². The highest BCUT2D eigenvalue weighted by Gasteiger charge is 2.23. The van der Waals surface area contributed by atoms with Crippen LogP contribution >= 0.6 is 11.6 Å². The van der Waals surface area contributed by atoms with E-state index in [2.05, 4.69) is 4.98 Å². The van der Waals surface area contributed by atoms with Crippen LogP contribution < -0.4 is 0 Å². The monoisotopic (exact) mass is 270 g/mol. The predicted molar refractivity (Wildman–Crippen MR) is 67.7 cm³/mol. The molecule has 0 aromatic carbocycles. The van der Waals surface area contributed by atoms with Crippen molar-refractivity contribution in [2.75, 3.05) is 6.54 Å². The van der Waals surface area contributed by atoms with Gasteiger partial charge in [0.25, 0.3) is 5.91 Å². The maximum Gasteiger partial charge on any atom is 0.305 e. The smallest absolute Gasteiger partial charge is 0.305 e. The number of nitrogens with zero attached hydrogens (tertiary/aromatic N) is 2. The van der Waals surface area contributed by atoms with E-state index in [1.165, 1.54) is 23.4 Å². The predicted octanol–water partition coefficient (Wildman–Crippen LogP) is 2.06. The molecule has 0 bridgehead atoms. The molecule has 0 aliphatic rings. The van der Waals surface area contributed by atoms with Crippen molar-refractivity contribution in [1.29, 1.82) is 0 Å². The second-order valence-electron chi connectivity index (χ2n) is 3.89. The van der Waals surface area contributed by atoms with Gasteiger partial charge in [-0.25, -0.2) is 0 Å². The average Bonchev–Trinajstić information content (AvgIpc) is 2.29. The summed E-state index contributed by atoms with van der Waals surface area (Å²) in [6, 6.07) is 1.14. The largest absolute Gasteiger partial charge is 0.481 e. The highest BCUT2D eigenvalue weighted by atomic mass is 35.5. The molecule has 1 atom stereocenters. The van der Waals surface area contributed by atoms with Gasteiger partial charge in [-0.05, 0) is 19.9 Å². The summed E-state index contributed by atoms with van der Waals surface area (Å²) in [6.07, 6.45) is 2.78. The number of carboxylic acids is 1. The van der Waals surface area contributed by atoms with Crippen LogP contribution in [0.5, 0.6) is 0 Å². The highest BCUT2D eigenvalue weighted by Crippen LogP contribution is 2.17. The van der Waals surface area contributed by atoms with Gasteiger partial charge in [-0.1, -0.05) is 11.6 Å². The lowest BCUT2D eigenvalue weighted by Gasteiger charge is -2.27. The van der Waals surface area contributed by atoms with E-state index < -0.39 is 5.97 Å². The van der Waals surface area contributed by atoms with Gasteiger partial charge in [0.1, 0.15) is 0 Å². The van der Waals surface area contributed by atoms with Crippen molar-refractivity contribution in [2.45, 2.75) is 26.3 Å². The van der Waals surface area contributed by atoms with Crippen LogP contribution in [0.25, 0.3) is 0 Å². The van der Waals surface area contributed by atoms with Crippen LogP contribution in [0.15, 0.2) is 18.5 Å². The Morgan fingerprint density at radius 1 is 1.56 bits per heavy atom. The molecule has 0 saturated heterocycles. The van der Waals surface area contributed by atoms with E-state index >= 15 is 0 Å². The number of hydrogen-bond donors (Lipinski definition) is 1. The Morgan fingerprint density at radius 2 is 2.22 bits per heavy atom. The molecule has 0 spiro atoms. The zero-order chi connectivity index (χ0) is 13.7. The lowest BCUT2D eigenvalue weighted by atomic mass is 10.1. The normalized spacial score (nSPS) is 11.9. The SMILES string of the molecule is CCN(C(=O)c1ccncc1Cl)C(C)CC(=O)O. The van der Waals surface area contributed by atoms with E-state index in [-0.39, 0.29) is 23.4 Å². The Balaban J connectivity index is 2.92. The van der Waals surface area contributed by atoms with Crippen molar-refractivity contribution in [3.05, 3.63) is 29.0 Å². The zero-order valence-electron chi connectivity index (χ0n) is 10.3. The van der Waals surface area contributed by atoms with Gasteiger partial charge in [0, 0.05) is 25.0 Å². The van der Waals surface area contributed by atoms with Crippen LogP contribution in [0.1, 0.15) is 30.6 Å². The Hall–Kier alpha value is -1.62. The molecule has 0 aliphatic heterocycles. The third-order valence-electron chi connectivity index (χ3n) is 2.61. The molecular formula is C12H15ClN2O3. The lowest BCUT2D eigenvalue weighted by molar-refractivity contribution is -0.138. The summed E-state index contributed by atoms with van der Waals surface area (Å²) in [7, 11) is 0. The van der Waals surface area contributed by atoms with Crippen molar-refractivity contribution >= 4 is 23.5 Å². The highest BCUT2D eigenvalue weighted by molar-refractivity contribution is 6.33.